The van der Waals surface area contributed by atoms with Gasteiger partial charge in [-0.3, -0.25) is 9.59 Å². The smallest absolute Gasteiger partial charge is 0.287 e. The van der Waals surface area contributed by atoms with Gasteiger partial charge in [-0.2, -0.15) is 0 Å². The van der Waals surface area contributed by atoms with E-state index in [0.29, 0.717) is 38.5 Å². The lowest BCUT2D eigenvalue weighted by Gasteiger charge is -2.34. The summed E-state index contributed by atoms with van der Waals surface area (Å²) in [5.41, 5.74) is 1.80. The van der Waals surface area contributed by atoms with Crippen LogP contribution >= 0.6 is 0 Å². The summed E-state index contributed by atoms with van der Waals surface area (Å²) >= 11 is 0. The predicted molar refractivity (Wildman–Crippen MR) is 108 cm³/mol. The van der Waals surface area contributed by atoms with E-state index < -0.39 is 0 Å². The van der Waals surface area contributed by atoms with Crippen molar-refractivity contribution in [1.29, 1.82) is 0 Å². The summed E-state index contributed by atoms with van der Waals surface area (Å²) in [6.45, 7) is 6.03. The standard InChI is InChI=1S/C22H29N3O5/c1-14-19(15(2)30-24-14)13-18-5-6-20(29-18)21(26)23-9-10-25(22(27)16-3-4-16)17-7-11-28-12-8-17/h5-6,16-17H,3-4,7-13H2,1-2H3,(H,23,26). The number of nitrogens with one attached hydrogen (secondary N) is 1. The zero-order valence-electron chi connectivity index (χ0n) is 17.6. The molecule has 0 aromatic carbocycles. The largest absolute Gasteiger partial charge is 0.456 e. The second kappa shape index (κ2) is 9.04. The van der Waals surface area contributed by atoms with Crippen molar-refractivity contribution in [2.75, 3.05) is 26.3 Å². The van der Waals surface area contributed by atoms with E-state index in [2.05, 4.69) is 10.5 Å². The Balaban J connectivity index is 1.31. The molecule has 1 aliphatic carbocycles. The van der Waals surface area contributed by atoms with Gasteiger partial charge in [-0.05, 0) is 51.7 Å². The lowest BCUT2D eigenvalue weighted by Crippen LogP contribution is -2.47. The van der Waals surface area contributed by atoms with Crippen molar-refractivity contribution in [2.45, 2.75) is 52.0 Å². The third-order valence-electron chi connectivity index (χ3n) is 5.90. The molecule has 2 aliphatic rings. The van der Waals surface area contributed by atoms with Gasteiger partial charge < -0.3 is 23.9 Å². The fourth-order valence-corrected chi connectivity index (χ4v) is 3.93. The van der Waals surface area contributed by atoms with E-state index in [1.54, 1.807) is 12.1 Å². The van der Waals surface area contributed by atoms with Gasteiger partial charge in [0.2, 0.25) is 5.91 Å². The quantitative estimate of drug-likeness (QED) is 0.712. The van der Waals surface area contributed by atoms with Gasteiger partial charge in [0.25, 0.3) is 5.91 Å². The fourth-order valence-electron chi connectivity index (χ4n) is 3.93. The number of nitrogens with zero attached hydrogens (tertiary/aromatic N) is 2. The van der Waals surface area contributed by atoms with Crippen molar-refractivity contribution < 1.29 is 23.3 Å². The number of hydrogen-bond acceptors (Lipinski definition) is 6. The summed E-state index contributed by atoms with van der Waals surface area (Å²) in [7, 11) is 0. The minimum atomic E-state index is -0.272. The zero-order chi connectivity index (χ0) is 21.1. The molecule has 1 saturated carbocycles. The highest BCUT2D eigenvalue weighted by Crippen LogP contribution is 2.32. The van der Waals surface area contributed by atoms with E-state index in [0.717, 1.165) is 42.7 Å². The van der Waals surface area contributed by atoms with Gasteiger partial charge in [-0.1, -0.05) is 5.16 Å². The Morgan fingerprint density at radius 2 is 1.93 bits per heavy atom. The van der Waals surface area contributed by atoms with Crippen LogP contribution < -0.4 is 5.32 Å². The van der Waals surface area contributed by atoms with Crippen LogP contribution in [-0.4, -0.2) is 54.2 Å². The average Bonchev–Trinajstić information content (AvgIpc) is 3.43. The molecule has 0 atom stereocenters. The molecule has 0 radical (unpaired) electrons. The molecular formula is C22H29N3O5. The van der Waals surface area contributed by atoms with Crippen LogP contribution in [-0.2, 0) is 16.0 Å². The summed E-state index contributed by atoms with van der Waals surface area (Å²) in [4.78, 5) is 27.2. The molecule has 1 aliphatic heterocycles. The molecule has 0 unspecified atom stereocenters. The first kappa shape index (κ1) is 20.7. The molecule has 1 saturated heterocycles. The molecule has 0 bridgehead atoms. The maximum absolute atomic E-state index is 12.7. The van der Waals surface area contributed by atoms with Crippen molar-refractivity contribution in [3.8, 4) is 0 Å². The average molecular weight is 415 g/mol. The number of rotatable bonds is 8. The maximum atomic E-state index is 12.7. The molecular weight excluding hydrogens is 386 g/mol. The minimum absolute atomic E-state index is 0.167. The predicted octanol–water partition coefficient (Wildman–Crippen LogP) is 2.62. The van der Waals surface area contributed by atoms with Gasteiger partial charge in [0.05, 0.1) is 5.69 Å². The molecule has 1 N–H and O–H groups in total. The maximum Gasteiger partial charge on any atom is 0.287 e. The van der Waals surface area contributed by atoms with Crippen LogP contribution in [0.3, 0.4) is 0 Å². The molecule has 30 heavy (non-hydrogen) atoms. The lowest BCUT2D eigenvalue weighted by molar-refractivity contribution is -0.136. The van der Waals surface area contributed by atoms with Crippen LogP contribution in [0, 0.1) is 19.8 Å². The first-order valence-electron chi connectivity index (χ1n) is 10.7. The van der Waals surface area contributed by atoms with Crippen LogP contribution in [0.4, 0.5) is 0 Å². The van der Waals surface area contributed by atoms with Crippen molar-refractivity contribution in [3.05, 3.63) is 40.7 Å². The Hall–Kier alpha value is -2.61. The summed E-state index contributed by atoms with van der Waals surface area (Å²) in [6.07, 6.45) is 4.20. The summed E-state index contributed by atoms with van der Waals surface area (Å²) < 4.78 is 16.3. The van der Waals surface area contributed by atoms with Gasteiger partial charge in [0.1, 0.15) is 11.5 Å². The highest BCUT2D eigenvalue weighted by molar-refractivity contribution is 5.91. The van der Waals surface area contributed by atoms with E-state index in [4.69, 9.17) is 13.7 Å². The molecule has 2 aromatic heterocycles. The Kier molecular flexibility index (Phi) is 6.22. The van der Waals surface area contributed by atoms with Crippen LogP contribution in [0.1, 0.15) is 59.0 Å². The Bertz CT molecular complexity index is 873. The number of amides is 2. The van der Waals surface area contributed by atoms with Crippen LogP contribution in [0.25, 0.3) is 0 Å². The van der Waals surface area contributed by atoms with Crippen molar-refractivity contribution in [3.63, 3.8) is 0 Å². The highest BCUT2D eigenvalue weighted by Gasteiger charge is 2.36. The van der Waals surface area contributed by atoms with E-state index in [1.807, 2.05) is 18.7 Å². The lowest BCUT2D eigenvalue weighted by atomic mass is 10.1. The number of aryl methyl sites for hydroxylation is 2. The molecule has 8 nitrogen and oxygen atoms in total. The first-order chi connectivity index (χ1) is 14.5. The third kappa shape index (κ3) is 4.75. The van der Waals surface area contributed by atoms with E-state index in [-0.39, 0.29) is 29.5 Å². The molecule has 2 aromatic rings. The second-order valence-electron chi connectivity index (χ2n) is 8.15. The van der Waals surface area contributed by atoms with Crippen LogP contribution in [0.5, 0.6) is 0 Å². The summed E-state index contributed by atoms with van der Waals surface area (Å²) in [6, 6.07) is 3.68. The van der Waals surface area contributed by atoms with Crippen LogP contribution in [0.2, 0.25) is 0 Å². The fraction of sp³-hybridized carbons (Fsp3) is 0.591. The van der Waals surface area contributed by atoms with Gasteiger partial charge >= 0.3 is 0 Å². The van der Waals surface area contributed by atoms with Crippen molar-refractivity contribution >= 4 is 11.8 Å². The van der Waals surface area contributed by atoms with Gasteiger partial charge in [0, 0.05) is 50.2 Å². The number of aromatic nitrogens is 1. The number of carbonyl (C=O) groups is 2. The van der Waals surface area contributed by atoms with Gasteiger partial charge in [-0.15, -0.1) is 0 Å². The van der Waals surface area contributed by atoms with Crippen LogP contribution in [0.15, 0.2) is 21.1 Å². The Morgan fingerprint density at radius 3 is 2.60 bits per heavy atom. The van der Waals surface area contributed by atoms with Gasteiger partial charge in [-0.25, -0.2) is 0 Å². The summed E-state index contributed by atoms with van der Waals surface area (Å²) in [5, 5.41) is 6.83. The van der Waals surface area contributed by atoms with Gasteiger partial charge in [0.15, 0.2) is 5.76 Å². The minimum Gasteiger partial charge on any atom is -0.456 e. The number of furan rings is 1. The monoisotopic (exact) mass is 415 g/mol. The topological polar surface area (TPSA) is 97.8 Å². The number of hydrogen-bond donors (Lipinski definition) is 1. The molecule has 3 heterocycles. The van der Waals surface area contributed by atoms with Crippen molar-refractivity contribution in [2.24, 2.45) is 5.92 Å². The molecule has 8 heteroatoms. The van der Waals surface area contributed by atoms with E-state index in [1.165, 1.54) is 0 Å². The number of ether oxygens (including phenoxy) is 1. The molecule has 4 rings (SSSR count). The third-order valence-corrected chi connectivity index (χ3v) is 5.90. The number of carbonyl (C=O) groups excluding carboxylic acids is 2. The molecule has 2 fully saturated rings. The van der Waals surface area contributed by atoms with E-state index in [9.17, 15) is 9.59 Å². The Labute approximate surface area is 175 Å². The second-order valence-corrected chi connectivity index (χ2v) is 8.15. The molecule has 162 valence electrons. The van der Waals surface area contributed by atoms with Crippen molar-refractivity contribution in [1.82, 2.24) is 15.4 Å². The Morgan fingerprint density at radius 1 is 1.17 bits per heavy atom. The zero-order valence-corrected chi connectivity index (χ0v) is 17.6. The highest BCUT2D eigenvalue weighted by atomic mass is 16.5. The normalized spacial score (nSPS) is 17.1. The molecule has 2 amide bonds. The summed E-state index contributed by atoms with van der Waals surface area (Å²) in [5.74, 6) is 1.82. The SMILES string of the molecule is Cc1noc(C)c1Cc1ccc(C(=O)NCCN(C(=O)C2CC2)C2CCOCC2)o1. The van der Waals surface area contributed by atoms with E-state index >= 15 is 0 Å². The first-order valence-corrected chi connectivity index (χ1v) is 10.7. The molecule has 0 spiro atoms.